The first-order valence-corrected chi connectivity index (χ1v) is 10.6. The number of ether oxygens (including phenoxy) is 1. The van der Waals surface area contributed by atoms with Gasteiger partial charge >= 0.3 is 0 Å². The maximum Gasteiger partial charge on any atom is 0.191 e. The number of rotatable bonds is 8. The van der Waals surface area contributed by atoms with Gasteiger partial charge in [0.15, 0.2) is 8.32 Å². The van der Waals surface area contributed by atoms with E-state index in [-0.39, 0.29) is 18.3 Å². The highest BCUT2D eigenvalue weighted by atomic mass is 28.4. The SMILES string of the molecule is CC(C)(C)[Si](C)(C)OC[C@H](N=[N+]=[N-])[C@H](O)COc1ccccc1. The molecule has 0 aliphatic rings. The maximum absolute atomic E-state index is 10.2. The fourth-order valence-corrected chi connectivity index (χ4v) is 2.63. The molecule has 128 valence electrons. The Labute approximate surface area is 139 Å². The van der Waals surface area contributed by atoms with Crippen molar-refractivity contribution >= 4 is 8.32 Å². The summed E-state index contributed by atoms with van der Waals surface area (Å²) in [7, 11) is -1.96. The van der Waals surface area contributed by atoms with E-state index in [2.05, 4.69) is 43.9 Å². The van der Waals surface area contributed by atoms with Crippen LogP contribution in [-0.4, -0.2) is 38.8 Å². The monoisotopic (exact) mass is 337 g/mol. The van der Waals surface area contributed by atoms with Gasteiger partial charge in [-0.3, -0.25) is 0 Å². The van der Waals surface area contributed by atoms with Crippen molar-refractivity contribution in [1.29, 1.82) is 0 Å². The summed E-state index contributed by atoms with van der Waals surface area (Å²) in [5, 5.41) is 14.0. The first-order chi connectivity index (χ1) is 10.7. The van der Waals surface area contributed by atoms with Crippen molar-refractivity contribution in [3.63, 3.8) is 0 Å². The molecular weight excluding hydrogens is 310 g/mol. The molecule has 0 bridgehead atoms. The molecule has 1 N–H and O–H groups in total. The molecule has 6 nitrogen and oxygen atoms in total. The van der Waals surface area contributed by atoms with Crippen molar-refractivity contribution < 1.29 is 14.3 Å². The molecule has 0 unspecified atom stereocenters. The largest absolute Gasteiger partial charge is 0.491 e. The minimum absolute atomic E-state index is 0.0502. The van der Waals surface area contributed by atoms with Gasteiger partial charge in [-0.15, -0.1) is 0 Å². The Bertz CT molecular complexity index is 525. The highest BCUT2D eigenvalue weighted by molar-refractivity contribution is 6.74. The van der Waals surface area contributed by atoms with Gasteiger partial charge in [-0.25, -0.2) is 0 Å². The molecule has 0 heterocycles. The van der Waals surface area contributed by atoms with Gasteiger partial charge in [0, 0.05) is 11.5 Å². The van der Waals surface area contributed by atoms with Gasteiger partial charge in [-0.2, -0.15) is 0 Å². The molecule has 0 saturated heterocycles. The summed E-state index contributed by atoms with van der Waals surface area (Å²) in [5.41, 5.74) is 8.72. The average Bonchev–Trinajstić information content (AvgIpc) is 2.49. The van der Waals surface area contributed by atoms with E-state index in [1.165, 1.54) is 0 Å². The number of azide groups is 1. The summed E-state index contributed by atoms with van der Waals surface area (Å²) in [6.45, 7) is 10.9. The fourth-order valence-electron chi connectivity index (χ4n) is 1.61. The third-order valence-electron chi connectivity index (χ3n) is 4.23. The van der Waals surface area contributed by atoms with E-state index in [4.69, 9.17) is 14.7 Å². The van der Waals surface area contributed by atoms with Crippen LogP contribution in [0.3, 0.4) is 0 Å². The number of aliphatic hydroxyl groups excluding tert-OH is 1. The van der Waals surface area contributed by atoms with E-state index in [0.717, 1.165) is 0 Å². The van der Waals surface area contributed by atoms with E-state index in [0.29, 0.717) is 5.75 Å². The Hall–Kier alpha value is -1.53. The Kier molecular flexibility index (Phi) is 7.09. The quantitative estimate of drug-likeness (QED) is 0.335. The summed E-state index contributed by atoms with van der Waals surface area (Å²) < 4.78 is 11.6. The van der Waals surface area contributed by atoms with Crippen LogP contribution in [0.4, 0.5) is 0 Å². The third-order valence-corrected chi connectivity index (χ3v) is 8.73. The second-order valence-electron chi connectivity index (χ2n) is 7.03. The summed E-state index contributed by atoms with van der Waals surface area (Å²) >= 11 is 0. The Morgan fingerprint density at radius 1 is 1.22 bits per heavy atom. The zero-order valence-corrected chi connectivity index (χ0v) is 15.6. The first-order valence-electron chi connectivity index (χ1n) is 7.71. The molecule has 0 aromatic heterocycles. The predicted octanol–water partition coefficient (Wildman–Crippen LogP) is 4.13. The molecule has 1 aromatic carbocycles. The normalized spacial score (nSPS) is 14.7. The van der Waals surface area contributed by atoms with Crippen molar-refractivity contribution in [2.24, 2.45) is 5.11 Å². The number of aliphatic hydroxyl groups is 1. The Morgan fingerprint density at radius 3 is 2.35 bits per heavy atom. The second-order valence-corrected chi connectivity index (χ2v) is 11.8. The van der Waals surface area contributed by atoms with Gasteiger partial charge in [0.1, 0.15) is 12.4 Å². The fraction of sp³-hybridized carbons (Fsp3) is 0.625. The van der Waals surface area contributed by atoms with Crippen LogP contribution in [0.1, 0.15) is 20.8 Å². The molecule has 23 heavy (non-hydrogen) atoms. The molecule has 0 fully saturated rings. The smallest absolute Gasteiger partial charge is 0.191 e. The molecule has 0 aliphatic heterocycles. The van der Waals surface area contributed by atoms with Crippen LogP contribution in [0.5, 0.6) is 5.75 Å². The standard InChI is InChI=1S/C16H27N3O3Si/c1-16(2,3)23(4,5)22-11-14(18-19-17)15(20)12-21-13-9-7-6-8-10-13/h6-10,14-15,20H,11-12H2,1-5H3/t14-,15+/m0/s1. The molecule has 7 heteroatoms. The van der Waals surface area contributed by atoms with Crippen LogP contribution < -0.4 is 4.74 Å². The lowest BCUT2D eigenvalue weighted by Crippen LogP contribution is -2.44. The number of hydrogen-bond donors (Lipinski definition) is 1. The molecule has 1 rings (SSSR count). The van der Waals surface area contributed by atoms with Crippen molar-refractivity contribution in [1.82, 2.24) is 0 Å². The molecule has 0 saturated carbocycles. The van der Waals surface area contributed by atoms with Gasteiger partial charge in [0.25, 0.3) is 0 Å². The van der Waals surface area contributed by atoms with Gasteiger partial charge in [-0.05, 0) is 35.8 Å². The van der Waals surface area contributed by atoms with E-state index >= 15 is 0 Å². The second kappa shape index (κ2) is 8.36. The first kappa shape index (κ1) is 19.5. The molecule has 0 spiro atoms. The van der Waals surface area contributed by atoms with Crippen molar-refractivity contribution in [3.05, 3.63) is 40.8 Å². The lowest BCUT2D eigenvalue weighted by atomic mass is 10.2. The highest BCUT2D eigenvalue weighted by Crippen LogP contribution is 2.36. The van der Waals surface area contributed by atoms with Gasteiger partial charge in [-0.1, -0.05) is 44.1 Å². The minimum Gasteiger partial charge on any atom is -0.491 e. The molecular formula is C16H27N3O3Si. The summed E-state index contributed by atoms with van der Waals surface area (Å²) in [5.74, 6) is 0.663. The Balaban J connectivity index is 2.61. The maximum atomic E-state index is 10.2. The zero-order chi connectivity index (χ0) is 17.5. The van der Waals surface area contributed by atoms with Crippen LogP contribution in [0.25, 0.3) is 10.4 Å². The van der Waals surface area contributed by atoms with Gasteiger partial charge in [0.05, 0.1) is 12.1 Å². The number of benzene rings is 1. The number of nitrogens with zero attached hydrogens (tertiary/aromatic N) is 3. The van der Waals surface area contributed by atoms with Crippen LogP contribution in [0.15, 0.2) is 35.4 Å². The van der Waals surface area contributed by atoms with E-state index in [9.17, 15) is 5.11 Å². The van der Waals surface area contributed by atoms with Crippen molar-refractivity contribution in [2.45, 2.75) is 51.0 Å². The molecule has 0 aliphatic carbocycles. The molecule has 0 amide bonds. The summed E-state index contributed by atoms with van der Waals surface area (Å²) in [6.07, 6.45) is -0.920. The molecule has 0 radical (unpaired) electrons. The molecule has 1 aromatic rings. The van der Waals surface area contributed by atoms with Crippen molar-refractivity contribution in [2.75, 3.05) is 13.2 Å². The van der Waals surface area contributed by atoms with Crippen LogP contribution in [0, 0.1) is 0 Å². The van der Waals surface area contributed by atoms with Gasteiger partial charge < -0.3 is 14.3 Å². The summed E-state index contributed by atoms with van der Waals surface area (Å²) in [4.78, 5) is 2.82. The Morgan fingerprint density at radius 2 is 1.83 bits per heavy atom. The topological polar surface area (TPSA) is 87.5 Å². The lowest BCUT2D eigenvalue weighted by molar-refractivity contribution is 0.0660. The minimum atomic E-state index is -1.96. The highest BCUT2D eigenvalue weighted by Gasteiger charge is 2.38. The molecule has 2 atom stereocenters. The summed E-state index contributed by atoms with van der Waals surface area (Å²) in [6, 6.07) is 8.54. The zero-order valence-electron chi connectivity index (χ0n) is 14.6. The number of hydrogen-bond acceptors (Lipinski definition) is 4. The van der Waals surface area contributed by atoms with E-state index in [1.54, 1.807) is 12.1 Å². The predicted molar refractivity (Wildman–Crippen MR) is 94.0 cm³/mol. The lowest BCUT2D eigenvalue weighted by Gasteiger charge is -2.37. The van der Waals surface area contributed by atoms with E-state index in [1.807, 2.05) is 18.2 Å². The number of para-hydroxylation sites is 1. The average molecular weight is 337 g/mol. The van der Waals surface area contributed by atoms with Gasteiger partial charge in [0.2, 0.25) is 0 Å². The third kappa shape index (κ3) is 6.23. The van der Waals surface area contributed by atoms with Crippen LogP contribution >= 0.6 is 0 Å². The van der Waals surface area contributed by atoms with E-state index < -0.39 is 20.5 Å². The van der Waals surface area contributed by atoms with Crippen LogP contribution in [-0.2, 0) is 4.43 Å². The van der Waals surface area contributed by atoms with Crippen molar-refractivity contribution in [3.8, 4) is 5.75 Å². The van der Waals surface area contributed by atoms with Crippen LogP contribution in [0.2, 0.25) is 18.1 Å².